The first-order valence-corrected chi connectivity index (χ1v) is 6.66. The Morgan fingerprint density at radius 3 is 2.68 bits per heavy atom. The van der Waals surface area contributed by atoms with Gasteiger partial charge in [0.1, 0.15) is 0 Å². The van der Waals surface area contributed by atoms with Gasteiger partial charge in [0.05, 0.1) is 27.5 Å². The van der Waals surface area contributed by atoms with Gasteiger partial charge in [0.15, 0.2) is 0 Å². The fraction of sp³-hybridized carbons (Fsp3) is 0.286. The molecule has 0 aliphatic heterocycles. The van der Waals surface area contributed by atoms with Gasteiger partial charge in [-0.15, -0.1) is 0 Å². The van der Waals surface area contributed by atoms with Crippen molar-refractivity contribution in [3.8, 4) is 0 Å². The SMILES string of the molecule is Cc1cc(C(O)Cc2cccc(Cl)c2Cl)c(C)nn1. The molecule has 2 aromatic rings. The highest BCUT2D eigenvalue weighted by atomic mass is 35.5. The summed E-state index contributed by atoms with van der Waals surface area (Å²) in [5, 5.41) is 19.3. The molecule has 1 aromatic carbocycles. The Hall–Kier alpha value is -1.16. The second-order valence-corrected chi connectivity index (χ2v) is 5.24. The first-order valence-electron chi connectivity index (χ1n) is 5.91. The number of rotatable bonds is 3. The van der Waals surface area contributed by atoms with Crippen LogP contribution in [0.2, 0.25) is 10.0 Å². The minimum Gasteiger partial charge on any atom is -0.388 e. The molecule has 0 aliphatic rings. The van der Waals surface area contributed by atoms with Crippen molar-refractivity contribution in [1.82, 2.24) is 10.2 Å². The average molecular weight is 297 g/mol. The van der Waals surface area contributed by atoms with Crippen molar-refractivity contribution in [3.63, 3.8) is 0 Å². The smallest absolute Gasteiger partial charge is 0.0849 e. The fourth-order valence-electron chi connectivity index (χ4n) is 1.93. The standard InChI is InChI=1S/C14H14Cl2N2O/c1-8-6-11(9(2)18-17-8)13(19)7-10-4-3-5-12(15)14(10)16/h3-6,13,19H,7H2,1-2H3. The Morgan fingerprint density at radius 1 is 1.21 bits per heavy atom. The van der Waals surface area contributed by atoms with E-state index in [1.54, 1.807) is 6.07 Å². The molecule has 0 amide bonds. The monoisotopic (exact) mass is 296 g/mol. The van der Waals surface area contributed by atoms with Crippen LogP contribution in [-0.4, -0.2) is 15.3 Å². The van der Waals surface area contributed by atoms with Crippen molar-refractivity contribution in [2.75, 3.05) is 0 Å². The Labute approximate surface area is 122 Å². The third-order valence-electron chi connectivity index (χ3n) is 2.94. The normalized spacial score (nSPS) is 12.5. The highest BCUT2D eigenvalue weighted by Gasteiger charge is 2.15. The number of aryl methyl sites for hydroxylation is 2. The van der Waals surface area contributed by atoms with Gasteiger partial charge in [-0.05, 0) is 31.5 Å². The summed E-state index contributed by atoms with van der Waals surface area (Å²) in [5.74, 6) is 0. The van der Waals surface area contributed by atoms with Crippen molar-refractivity contribution in [2.45, 2.75) is 26.4 Å². The fourth-order valence-corrected chi connectivity index (χ4v) is 2.33. The summed E-state index contributed by atoms with van der Waals surface area (Å²) in [6.07, 6.45) is -0.282. The molecule has 0 bridgehead atoms. The second kappa shape index (κ2) is 5.87. The van der Waals surface area contributed by atoms with Crippen molar-refractivity contribution in [2.24, 2.45) is 0 Å². The Balaban J connectivity index is 2.28. The lowest BCUT2D eigenvalue weighted by Crippen LogP contribution is -2.07. The van der Waals surface area contributed by atoms with Crippen LogP contribution in [-0.2, 0) is 6.42 Å². The molecule has 0 fully saturated rings. The van der Waals surface area contributed by atoms with Crippen LogP contribution in [0.25, 0.3) is 0 Å². The zero-order valence-corrected chi connectivity index (χ0v) is 12.2. The van der Waals surface area contributed by atoms with Gasteiger partial charge in [0, 0.05) is 12.0 Å². The van der Waals surface area contributed by atoms with Gasteiger partial charge in [-0.3, -0.25) is 0 Å². The highest BCUT2D eigenvalue weighted by molar-refractivity contribution is 6.42. The molecule has 1 heterocycles. The van der Waals surface area contributed by atoms with Crippen molar-refractivity contribution < 1.29 is 5.11 Å². The van der Waals surface area contributed by atoms with Crippen molar-refractivity contribution in [3.05, 3.63) is 56.8 Å². The van der Waals surface area contributed by atoms with E-state index in [2.05, 4.69) is 10.2 Å². The third-order valence-corrected chi connectivity index (χ3v) is 3.80. The molecule has 0 aliphatic carbocycles. The minimum atomic E-state index is -0.676. The van der Waals surface area contributed by atoms with E-state index in [4.69, 9.17) is 23.2 Å². The maximum absolute atomic E-state index is 10.3. The van der Waals surface area contributed by atoms with Gasteiger partial charge in [-0.1, -0.05) is 35.3 Å². The quantitative estimate of drug-likeness (QED) is 0.940. The van der Waals surface area contributed by atoms with Gasteiger partial charge in [0.2, 0.25) is 0 Å². The Bertz CT molecular complexity index is 602. The van der Waals surface area contributed by atoms with E-state index in [1.165, 1.54) is 0 Å². The first-order chi connectivity index (χ1) is 8.99. The molecule has 5 heteroatoms. The number of nitrogens with zero attached hydrogens (tertiary/aromatic N) is 2. The maximum atomic E-state index is 10.3. The molecule has 100 valence electrons. The van der Waals surface area contributed by atoms with E-state index in [9.17, 15) is 5.11 Å². The number of aliphatic hydroxyl groups is 1. The molecule has 19 heavy (non-hydrogen) atoms. The van der Waals surface area contributed by atoms with Gasteiger partial charge in [0.25, 0.3) is 0 Å². The van der Waals surface area contributed by atoms with Gasteiger partial charge < -0.3 is 5.11 Å². The first kappa shape index (κ1) is 14.3. The van der Waals surface area contributed by atoms with Crippen LogP contribution in [0.5, 0.6) is 0 Å². The Morgan fingerprint density at radius 2 is 1.95 bits per heavy atom. The summed E-state index contributed by atoms with van der Waals surface area (Å²) in [5.41, 5.74) is 3.08. The number of aromatic nitrogens is 2. The van der Waals surface area contributed by atoms with Gasteiger partial charge in [-0.2, -0.15) is 10.2 Å². The highest BCUT2D eigenvalue weighted by Crippen LogP contribution is 2.29. The number of hydrogen-bond acceptors (Lipinski definition) is 3. The van der Waals surface area contributed by atoms with Crippen LogP contribution in [0.4, 0.5) is 0 Å². The molecule has 0 radical (unpaired) electrons. The summed E-state index contributed by atoms with van der Waals surface area (Å²) in [6.45, 7) is 3.67. The van der Waals surface area contributed by atoms with Crippen LogP contribution in [0.1, 0.15) is 28.6 Å². The predicted octanol–water partition coefficient (Wildman–Crippen LogP) is 3.68. The molecular formula is C14H14Cl2N2O. The van der Waals surface area contributed by atoms with E-state index in [0.717, 1.165) is 22.5 Å². The summed E-state index contributed by atoms with van der Waals surface area (Å²) < 4.78 is 0. The summed E-state index contributed by atoms with van der Waals surface area (Å²) in [4.78, 5) is 0. The van der Waals surface area contributed by atoms with E-state index in [-0.39, 0.29) is 0 Å². The van der Waals surface area contributed by atoms with Crippen LogP contribution >= 0.6 is 23.2 Å². The van der Waals surface area contributed by atoms with Crippen molar-refractivity contribution in [1.29, 1.82) is 0 Å². The Kier molecular flexibility index (Phi) is 4.40. The minimum absolute atomic E-state index is 0.394. The van der Waals surface area contributed by atoms with Crippen LogP contribution < -0.4 is 0 Å². The number of benzene rings is 1. The lowest BCUT2D eigenvalue weighted by molar-refractivity contribution is 0.177. The summed E-state index contributed by atoms with van der Waals surface area (Å²) >= 11 is 12.1. The molecular weight excluding hydrogens is 283 g/mol. The van der Waals surface area contributed by atoms with E-state index < -0.39 is 6.10 Å². The average Bonchev–Trinajstić information content (AvgIpc) is 2.38. The molecule has 3 nitrogen and oxygen atoms in total. The number of hydrogen-bond donors (Lipinski definition) is 1. The van der Waals surface area contributed by atoms with E-state index in [0.29, 0.717) is 16.5 Å². The topological polar surface area (TPSA) is 46.0 Å². The van der Waals surface area contributed by atoms with Crippen LogP contribution in [0, 0.1) is 13.8 Å². The zero-order valence-electron chi connectivity index (χ0n) is 10.7. The maximum Gasteiger partial charge on any atom is 0.0849 e. The molecule has 1 aromatic heterocycles. The summed E-state index contributed by atoms with van der Waals surface area (Å²) in [6, 6.07) is 7.24. The molecule has 1 unspecified atom stereocenters. The van der Waals surface area contributed by atoms with E-state index >= 15 is 0 Å². The molecule has 0 saturated heterocycles. The molecule has 0 saturated carbocycles. The van der Waals surface area contributed by atoms with Crippen molar-refractivity contribution >= 4 is 23.2 Å². The molecule has 0 spiro atoms. The second-order valence-electron chi connectivity index (χ2n) is 4.46. The zero-order chi connectivity index (χ0) is 14.0. The lowest BCUT2D eigenvalue weighted by Gasteiger charge is -2.14. The van der Waals surface area contributed by atoms with E-state index in [1.807, 2.05) is 32.0 Å². The molecule has 1 atom stereocenters. The van der Waals surface area contributed by atoms with Gasteiger partial charge in [-0.25, -0.2) is 0 Å². The number of halogens is 2. The number of aliphatic hydroxyl groups excluding tert-OH is 1. The van der Waals surface area contributed by atoms with Gasteiger partial charge >= 0.3 is 0 Å². The third kappa shape index (κ3) is 3.24. The predicted molar refractivity (Wildman–Crippen MR) is 76.6 cm³/mol. The van der Waals surface area contributed by atoms with Crippen LogP contribution in [0.15, 0.2) is 24.3 Å². The van der Waals surface area contributed by atoms with Crippen LogP contribution in [0.3, 0.4) is 0 Å². The molecule has 2 rings (SSSR count). The molecule has 1 N–H and O–H groups in total. The summed E-state index contributed by atoms with van der Waals surface area (Å²) in [7, 11) is 0. The largest absolute Gasteiger partial charge is 0.388 e. The lowest BCUT2D eigenvalue weighted by atomic mass is 10.0.